The molecule has 0 radical (unpaired) electrons. The number of hydrogen-bond donors (Lipinski definition) is 2. The van der Waals surface area contributed by atoms with Gasteiger partial charge in [0.15, 0.2) is 0 Å². The minimum atomic E-state index is -0.274. The monoisotopic (exact) mass is 255 g/mol. The fourth-order valence-electron chi connectivity index (χ4n) is 1.86. The molecule has 2 aromatic rings. The summed E-state index contributed by atoms with van der Waals surface area (Å²) in [5, 5.41) is 7.51. The fraction of sp³-hybridized carbons (Fsp3) is 0.0667. The number of nitrogens with two attached hydrogens (primary N) is 1. The molecule has 0 aliphatic carbocycles. The number of nitrogen functional groups attached to an aromatic ring is 1. The molecule has 0 atom stereocenters. The summed E-state index contributed by atoms with van der Waals surface area (Å²) in [6.45, 7) is 1.81. The lowest BCUT2D eigenvalue weighted by Crippen LogP contribution is -2.12. The molecule has 0 amide bonds. The number of amidine groups is 1. The number of rotatable bonds is 3. The Morgan fingerprint density at radius 3 is 2.68 bits per heavy atom. The fourth-order valence-corrected chi connectivity index (χ4v) is 1.86. The van der Waals surface area contributed by atoms with Crippen LogP contribution in [0.5, 0.6) is 0 Å². The van der Waals surface area contributed by atoms with E-state index in [2.05, 4.69) is 4.98 Å². The molecule has 1 aromatic carbocycles. The van der Waals surface area contributed by atoms with Gasteiger partial charge in [0.05, 0.1) is 0 Å². The number of aromatic nitrogens is 1. The molecule has 2 rings (SSSR count). The number of nitrogens with one attached hydrogen (secondary N) is 1. The van der Waals surface area contributed by atoms with Crippen LogP contribution in [0.4, 0.5) is 4.39 Å². The van der Waals surface area contributed by atoms with E-state index in [0.717, 1.165) is 5.57 Å². The van der Waals surface area contributed by atoms with Gasteiger partial charge in [-0.1, -0.05) is 18.2 Å². The number of nitrogens with zero attached hydrogens (tertiary/aromatic N) is 1. The van der Waals surface area contributed by atoms with E-state index in [0.29, 0.717) is 16.7 Å². The summed E-state index contributed by atoms with van der Waals surface area (Å²) >= 11 is 0. The molecule has 96 valence electrons. The molecule has 0 unspecified atom stereocenters. The molecule has 0 saturated carbocycles. The summed E-state index contributed by atoms with van der Waals surface area (Å²) in [6.07, 6.45) is 4.97. The van der Waals surface area contributed by atoms with E-state index in [1.165, 1.54) is 6.07 Å². The first-order chi connectivity index (χ1) is 9.09. The van der Waals surface area contributed by atoms with Gasteiger partial charge in [0, 0.05) is 29.1 Å². The quantitative estimate of drug-likeness (QED) is 0.654. The predicted molar refractivity (Wildman–Crippen MR) is 75.2 cm³/mol. The first-order valence-electron chi connectivity index (χ1n) is 5.81. The SMILES string of the molecule is C/C(=C\c1cnccc1C(=N)N)c1ccccc1F. The Hall–Kier alpha value is -2.49. The zero-order valence-electron chi connectivity index (χ0n) is 10.5. The van der Waals surface area contributed by atoms with Crippen LogP contribution in [0, 0.1) is 11.2 Å². The smallest absolute Gasteiger partial charge is 0.130 e. The summed E-state index contributed by atoms with van der Waals surface area (Å²) in [7, 11) is 0. The van der Waals surface area contributed by atoms with Crippen LogP contribution in [0.1, 0.15) is 23.6 Å². The number of halogens is 1. The van der Waals surface area contributed by atoms with E-state index in [9.17, 15) is 4.39 Å². The van der Waals surface area contributed by atoms with Crippen LogP contribution in [0.15, 0.2) is 42.7 Å². The summed E-state index contributed by atoms with van der Waals surface area (Å²) in [5.41, 5.74) is 8.09. The molecule has 0 fully saturated rings. The van der Waals surface area contributed by atoms with Gasteiger partial charge in [-0.2, -0.15) is 0 Å². The Kier molecular flexibility index (Phi) is 3.71. The maximum atomic E-state index is 13.7. The Morgan fingerprint density at radius 2 is 2.00 bits per heavy atom. The van der Waals surface area contributed by atoms with Crippen LogP contribution in [0.3, 0.4) is 0 Å². The van der Waals surface area contributed by atoms with Crippen LogP contribution in [-0.2, 0) is 0 Å². The van der Waals surface area contributed by atoms with Crippen molar-refractivity contribution in [2.75, 3.05) is 0 Å². The van der Waals surface area contributed by atoms with Gasteiger partial charge in [0.1, 0.15) is 11.7 Å². The van der Waals surface area contributed by atoms with Crippen molar-refractivity contribution in [3.05, 3.63) is 65.2 Å². The molecule has 1 heterocycles. The highest BCUT2D eigenvalue weighted by molar-refractivity contribution is 5.99. The van der Waals surface area contributed by atoms with Gasteiger partial charge in [-0.25, -0.2) is 4.39 Å². The molecule has 0 spiro atoms. The van der Waals surface area contributed by atoms with Crippen molar-refractivity contribution in [3.8, 4) is 0 Å². The number of hydrogen-bond acceptors (Lipinski definition) is 2. The Bertz CT molecular complexity index is 647. The van der Waals surface area contributed by atoms with Gasteiger partial charge < -0.3 is 5.73 Å². The molecule has 0 bridgehead atoms. The molecule has 3 nitrogen and oxygen atoms in total. The molecule has 1 aromatic heterocycles. The highest BCUT2D eigenvalue weighted by Crippen LogP contribution is 2.21. The Morgan fingerprint density at radius 1 is 1.26 bits per heavy atom. The highest BCUT2D eigenvalue weighted by Gasteiger charge is 2.06. The number of allylic oxidation sites excluding steroid dienone is 1. The summed E-state index contributed by atoms with van der Waals surface area (Å²) < 4.78 is 13.7. The van der Waals surface area contributed by atoms with Crippen molar-refractivity contribution in [3.63, 3.8) is 0 Å². The minimum Gasteiger partial charge on any atom is -0.384 e. The Labute approximate surface area is 111 Å². The topological polar surface area (TPSA) is 62.8 Å². The normalized spacial score (nSPS) is 11.4. The summed E-state index contributed by atoms with van der Waals surface area (Å²) in [4.78, 5) is 4.01. The second kappa shape index (κ2) is 5.44. The second-order valence-electron chi connectivity index (χ2n) is 4.18. The molecule has 0 aliphatic heterocycles. The number of benzene rings is 1. The molecule has 3 N–H and O–H groups in total. The van der Waals surface area contributed by atoms with E-state index in [1.54, 1.807) is 42.7 Å². The largest absolute Gasteiger partial charge is 0.384 e. The van der Waals surface area contributed by atoms with Crippen LogP contribution in [0.25, 0.3) is 11.6 Å². The zero-order valence-corrected chi connectivity index (χ0v) is 10.5. The summed E-state index contributed by atoms with van der Waals surface area (Å²) in [6, 6.07) is 8.23. The van der Waals surface area contributed by atoms with Gasteiger partial charge >= 0.3 is 0 Å². The van der Waals surface area contributed by atoms with Gasteiger partial charge in [0.25, 0.3) is 0 Å². The second-order valence-corrected chi connectivity index (χ2v) is 4.18. The van der Waals surface area contributed by atoms with E-state index in [-0.39, 0.29) is 11.7 Å². The lowest BCUT2D eigenvalue weighted by molar-refractivity contribution is 0.624. The third-order valence-corrected chi connectivity index (χ3v) is 2.81. The van der Waals surface area contributed by atoms with Gasteiger partial charge in [-0.15, -0.1) is 0 Å². The van der Waals surface area contributed by atoms with Crippen molar-refractivity contribution in [1.29, 1.82) is 5.41 Å². The standard InChI is InChI=1S/C15H14FN3/c1-10(12-4-2-3-5-14(12)16)8-11-9-19-7-6-13(11)15(17)18/h2-9H,1H3,(H3,17,18)/b10-8+. The maximum absolute atomic E-state index is 13.7. The van der Waals surface area contributed by atoms with E-state index in [1.807, 2.05) is 6.92 Å². The average Bonchev–Trinajstić information content (AvgIpc) is 2.39. The minimum absolute atomic E-state index is 0.0324. The maximum Gasteiger partial charge on any atom is 0.130 e. The molecule has 4 heteroatoms. The lowest BCUT2D eigenvalue weighted by atomic mass is 10.0. The van der Waals surface area contributed by atoms with E-state index in [4.69, 9.17) is 11.1 Å². The van der Waals surface area contributed by atoms with Crippen LogP contribution in [-0.4, -0.2) is 10.8 Å². The first kappa shape index (κ1) is 13.0. The van der Waals surface area contributed by atoms with Crippen molar-refractivity contribution in [1.82, 2.24) is 4.98 Å². The van der Waals surface area contributed by atoms with E-state index < -0.39 is 0 Å². The zero-order chi connectivity index (χ0) is 13.8. The van der Waals surface area contributed by atoms with Crippen LogP contribution in [0.2, 0.25) is 0 Å². The van der Waals surface area contributed by atoms with E-state index >= 15 is 0 Å². The van der Waals surface area contributed by atoms with Gasteiger partial charge in [0.2, 0.25) is 0 Å². The van der Waals surface area contributed by atoms with Gasteiger partial charge in [-0.05, 0) is 30.7 Å². The molecular weight excluding hydrogens is 241 g/mol. The highest BCUT2D eigenvalue weighted by atomic mass is 19.1. The molecular formula is C15H14FN3. The molecule has 0 saturated heterocycles. The third kappa shape index (κ3) is 2.85. The van der Waals surface area contributed by atoms with Crippen molar-refractivity contribution in [2.24, 2.45) is 5.73 Å². The third-order valence-electron chi connectivity index (χ3n) is 2.81. The first-order valence-corrected chi connectivity index (χ1v) is 5.81. The lowest BCUT2D eigenvalue weighted by Gasteiger charge is -2.06. The van der Waals surface area contributed by atoms with Gasteiger partial charge in [-0.3, -0.25) is 10.4 Å². The Balaban J connectivity index is 2.47. The molecule has 0 aliphatic rings. The van der Waals surface area contributed by atoms with Crippen molar-refractivity contribution < 1.29 is 4.39 Å². The predicted octanol–water partition coefficient (Wildman–Crippen LogP) is 3.07. The number of pyridine rings is 1. The molecule has 19 heavy (non-hydrogen) atoms. The van der Waals surface area contributed by atoms with Crippen LogP contribution >= 0.6 is 0 Å². The van der Waals surface area contributed by atoms with Crippen molar-refractivity contribution in [2.45, 2.75) is 6.92 Å². The van der Waals surface area contributed by atoms with Crippen molar-refractivity contribution >= 4 is 17.5 Å². The van der Waals surface area contributed by atoms with Crippen LogP contribution < -0.4 is 5.73 Å². The average molecular weight is 255 g/mol. The summed E-state index contributed by atoms with van der Waals surface area (Å²) in [5.74, 6) is -0.306.